The quantitative estimate of drug-likeness (QED) is 0.841. The molecule has 2 saturated heterocycles. The molecule has 2 fully saturated rings. The van der Waals surface area contributed by atoms with E-state index in [1.165, 1.54) is 4.90 Å². The molecular formula is C13H13BrN2O2S. The van der Waals surface area contributed by atoms with E-state index in [9.17, 15) is 9.59 Å². The molecule has 0 saturated carbocycles. The van der Waals surface area contributed by atoms with Gasteiger partial charge in [-0.3, -0.25) is 9.69 Å². The Morgan fingerprint density at radius 3 is 2.84 bits per heavy atom. The van der Waals surface area contributed by atoms with Crippen LogP contribution in [-0.2, 0) is 11.3 Å². The Bertz CT molecular complexity index is 543. The molecule has 0 radical (unpaired) electrons. The lowest BCUT2D eigenvalue weighted by molar-refractivity contribution is -0.130. The molecule has 100 valence electrons. The Morgan fingerprint density at radius 2 is 2.16 bits per heavy atom. The van der Waals surface area contributed by atoms with Gasteiger partial charge >= 0.3 is 6.03 Å². The first-order chi connectivity index (χ1) is 9.12. The normalized spacial score (nSPS) is 26.3. The van der Waals surface area contributed by atoms with E-state index in [1.807, 2.05) is 24.3 Å². The van der Waals surface area contributed by atoms with E-state index in [-0.39, 0.29) is 11.9 Å². The molecular weight excluding hydrogens is 328 g/mol. The Morgan fingerprint density at radius 1 is 1.37 bits per heavy atom. The number of benzene rings is 1. The molecule has 1 N–H and O–H groups in total. The van der Waals surface area contributed by atoms with Crippen molar-refractivity contribution in [1.29, 1.82) is 0 Å². The van der Waals surface area contributed by atoms with E-state index >= 15 is 0 Å². The van der Waals surface area contributed by atoms with Crippen LogP contribution >= 0.6 is 27.7 Å². The van der Waals surface area contributed by atoms with Gasteiger partial charge in [-0.15, -0.1) is 0 Å². The molecule has 19 heavy (non-hydrogen) atoms. The van der Waals surface area contributed by atoms with E-state index in [2.05, 4.69) is 21.2 Å². The number of imide groups is 1. The number of amides is 3. The fourth-order valence-corrected chi connectivity index (χ4v) is 4.18. The van der Waals surface area contributed by atoms with Crippen molar-refractivity contribution >= 4 is 39.6 Å². The van der Waals surface area contributed by atoms with Crippen LogP contribution in [0.4, 0.5) is 4.79 Å². The Labute approximate surface area is 124 Å². The number of carbonyl (C=O) groups is 2. The van der Waals surface area contributed by atoms with Crippen molar-refractivity contribution in [3.8, 4) is 0 Å². The minimum absolute atomic E-state index is 0.0850. The lowest BCUT2D eigenvalue weighted by Crippen LogP contribution is -2.46. The highest BCUT2D eigenvalue weighted by molar-refractivity contribution is 9.10. The molecule has 1 aromatic carbocycles. The van der Waals surface area contributed by atoms with Gasteiger partial charge in [0.25, 0.3) is 5.91 Å². The van der Waals surface area contributed by atoms with Crippen molar-refractivity contribution in [3.63, 3.8) is 0 Å². The maximum absolute atomic E-state index is 12.5. The van der Waals surface area contributed by atoms with Crippen molar-refractivity contribution in [1.82, 2.24) is 10.2 Å². The van der Waals surface area contributed by atoms with Gasteiger partial charge in [0.05, 0.1) is 6.54 Å². The van der Waals surface area contributed by atoms with Crippen LogP contribution in [0.25, 0.3) is 0 Å². The van der Waals surface area contributed by atoms with Gasteiger partial charge in [0, 0.05) is 10.2 Å². The molecule has 0 unspecified atom stereocenters. The predicted octanol–water partition coefficient (Wildman–Crippen LogP) is 2.38. The number of nitrogens with zero attached hydrogens (tertiary/aromatic N) is 1. The highest BCUT2D eigenvalue weighted by Gasteiger charge is 2.52. The zero-order valence-electron chi connectivity index (χ0n) is 10.2. The summed E-state index contributed by atoms with van der Waals surface area (Å²) in [5.74, 6) is 1.53. The summed E-state index contributed by atoms with van der Waals surface area (Å²) in [5.41, 5.74) is 0.289. The molecule has 1 aromatic rings. The number of carbonyl (C=O) groups excluding carboxylic acids is 2. The van der Waals surface area contributed by atoms with Gasteiger partial charge < -0.3 is 5.32 Å². The minimum Gasteiger partial charge on any atom is -0.322 e. The molecule has 0 aliphatic carbocycles. The second-order valence-electron chi connectivity index (χ2n) is 4.80. The monoisotopic (exact) mass is 340 g/mol. The van der Waals surface area contributed by atoms with Crippen LogP contribution in [0.1, 0.15) is 12.0 Å². The van der Waals surface area contributed by atoms with Crippen LogP contribution in [0.15, 0.2) is 28.7 Å². The van der Waals surface area contributed by atoms with Crippen LogP contribution < -0.4 is 5.32 Å². The number of nitrogens with one attached hydrogen (secondary N) is 1. The maximum Gasteiger partial charge on any atom is 0.325 e. The van der Waals surface area contributed by atoms with Crippen molar-refractivity contribution in [2.75, 3.05) is 11.5 Å². The third-order valence-corrected chi connectivity index (χ3v) is 5.52. The van der Waals surface area contributed by atoms with Crippen LogP contribution in [0.3, 0.4) is 0 Å². The number of hydrogen-bond donors (Lipinski definition) is 1. The molecule has 2 aliphatic rings. The summed E-state index contributed by atoms with van der Waals surface area (Å²) in [6.45, 7) is 0.318. The largest absolute Gasteiger partial charge is 0.325 e. The third kappa shape index (κ3) is 2.17. The Hall–Kier alpha value is -1.01. The first kappa shape index (κ1) is 13.0. The van der Waals surface area contributed by atoms with Gasteiger partial charge in [0.1, 0.15) is 5.54 Å². The van der Waals surface area contributed by atoms with Gasteiger partial charge in [-0.1, -0.05) is 34.1 Å². The highest BCUT2D eigenvalue weighted by atomic mass is 79.9. The summed E-state index contributed by atoms with van der Waals surface area (Å²) < 4.78 is 0.914. The second-order valence-corrected chi connectivity index (χ2v) is 6.76. The number of thioether (sulfide) groups is 1. The smallest absolute Gasteiger partial charge is 0.322 e. The summed E-state index contributed by atoms with van der Waals surface area (Å²) in [6.07, 6.45) is 0.731. The highest BCUT2D eigenvalue weighted by Crippen LogP contribution is 2.34. The molecule has 1 atom stereocenters. The first-order valence-corrected chi connectivity index (χ1v) is 8.02. The molecule has 6 heteroatoms. The van der Waals surface area contributed by atoms with Gasteiger partial charge in [0.15, 0.2) is 0 Å². The van der Waals surface area contributed by atoms with Crippen LogP contribution in [-0.4, -0.2) is 33.9 Å². The third-order valence-electron chi connectivity index (χ3n) is 3.55. The van der Waals surface area contributed by atoms with Crippen molar-refractivity contribution in [3.05, 3.63) is 34.3 Å². The SMILES string of the molecule is O=C1N[C@]2(CCSC2)C(=O)N1Cc1ccccc1Br. The van der Waals surface area contributed by atoms with Crippen molar-refractivity contribution in [2.45, 2.75) is 18.5 Å². The fourth-order valence-electron chi connectivity index (χ4n) is 2.45. The predicted molar refractivity (Wildman–Crippen MR) is 77.9 cm³/mol. The lowest BCUT2D eigenvalue weighted by atomic mass is 9.99. The summed E-state index contributed by atoms with van der Waals surface area (Å²) in [4.78, 5) is 25.8. The number of urea groups is 1. The van der Waals surface area contributed by atoms with Gasteiger partial charge in [-0.05, 0) is 23.8 Å². The van der Waals surface area contributed by atoms with E-state index in [0.29, 0.717) is 12.3 Å². The van der Waals surface area contributed by atoms with Crippen molar-refractivity contribution in [2.24, 2.45) is 0 Å². The number of halogens is 1. The van der Waals surface area contributed by atoms with E-state index in [1.54, 1.807) is 11.8 Å². The average Bonchev–Trinajstić information content (AvgIpc) is 2.94. The molecule has 2 aliphatic heterocycles. The van der Waals surface area contributed by atoms with Crippen LogP contribution in [0.2, 0.25) is 0 Å². The molecule has 0 aromatic heterocycles. The number of hydrogen-bond acceptors (Lipinski definition) is 3. The lowest BCUT2D eigenvalue weighted by Gasteiger charge is -2.19. The van der Waals surface area contributed by atoms with Gasteiger partial charge in [-0.2, -0.15) is 11.8 Å². The maximum atomic E-state index is 12.5. The van der Waals surface area contributed by atoms with E-state index in [0.717, 1.165) is 22.2 Å². The Kier molecular flexibility index (Phi) is 3.30. The minimum atomic E-state index is -0.650. The molecule has 2 heterocycles. The summed E-state index contributed by atoms with van der Waals surface area (Å²) >= 11 is 5.16. The molecule has 4 nitrogen and oxygen atoms in total. The average molecular weight is 341 g/mol. The van der Waals surface area contributed by atoms with Gasteiger partial charge in [0.2, 0.25) is 0 Å². The van der Waals surface area contributed by atoms with Crippen LogP contribution in [0, 0.1) is 0 Å². The fraction of sp³-hybridized carbons (Fsp3) is 0.385. The zero-order valence-corrected chi connectivity index (χ0v) is 12.6. The van der Waals surface area contributed by atoms with E-state index in [4.69, 9.17) is 0 Å². The van der Waals surface area contributed by atoms with Gasteiger partial charge in [-0.25, -0.2) is 4.79 Å². The molecule has 1 spiro atoms. The molecule has 3 amide bonds. The molecule has 3 rings (SSSR count). The molecule has 0 bridgehead atoms. The standard InChI is InChI=1S/C13H13BrN2O2S/c14-10-4-2-1-3-9(10)7-16-11(17)13(15-12(16)18)5-6-19-8-13/h1-4H,5-8H2,(H,15,18)/t13-/m0/s1. The number of rotatable bonds is 2. The summed E-state index contributed by atoms with van der Waals surface area (Å²) in [5, 5.41) is 2.87. The second kappa shape index (κ2) is 4.83. The summed E-state index contributed by atoms with van der Waals surface area (Å²) in [7, 11) is 0. The summed E-state index contributed by atoms with van der Waals surface area (Å²) in [6, 6.07) is 7.37. The zero-order chi connectivity index (χ0) is 13.5. The topological polar surface area (TPSA) is 49.4 Å². The van der Waals surface area contributed by atoms with E-state index < -0.39 is 5.54 Å². The Balaban J connectivity index is 1.84. The first-order valence-electron chi connectivity index (χ1n) is 6.08. The van der Waals surface area contributed by atoms with Crippen LogP contribution in [0.5, 0.6) is 0 Å². The van der Waals surface area contributed by atoms with Crippen molar-refractivity contribution < 1.29 is 9.59 Å².